The van der Waals surface area contributed by atoms with E-state index in [0.29, 0.717) is 5.75 Å². The molecule has 0 saturated carbocycles. The van der Waals surface area contributed by atoms with Gasteiger partial charge in [-0.1, -0.05) is 11.8 Å². The van der Waals surface area contributed by atoms with Crippen molar-refractivity contribution < 1.29 is 22.8 Å². The Labute approximate surface area is 137 Å². The maximum Gasteiger partial charge on any atom is 0.417 e. The molecule has 0 aliphatic carbocycles. The van der Waals surface area contributed by atoms with E-state index in [1.807, 2.05) is 0 Å². The Balaban J connectivity index is 2.18. The van der Waals surface area contributed by atoms with Gasteiger partial charge < -0.3 is 0 Å². The summed E-state index contributed by atoms with van der Waals surface area (Å²) < 4.78 is 38.5. The first-order valence-electron chi connectivity index (χ1n) is 6.35. The molecule has 1 aliphatic heterocycles. The van der Waals surface area contributed by atoms with Gasteiger partial charge >= 0.3 is 6.18 Å². The molecule has 9 heteroatoms. The fraction of sp³-hybridized carbons (Fsp3) is 0.462. The molecule has 0 spiro atoms. The SMILES string of the molecule is CC(=O)SCC1CC(=O)N(c2cc(C(F)(F)F)c(Br)cn2)C1. The smallest absolute Gasteiger partial charge is 0.296 e. The zero-order chi connectivity index (χ0) is 16.5. The predicted molar refractivity (Wildman–Crippen MR) is 80.5 cm³/mol. The summed E-state index contributed by atoms with van der Waals surface area (Å²) in [5.74, 6) is 0.106. The van der Waals surface area contributed by atoms with E-state index in [-0.39, 0.29) is 40.2 Å². The second kappa shape index (κ2) is 6.57. The molecule has 0 radical (unpaired) electrons. The zero-order valence-electron chi connectivity index (χ0n) is 11.5. The molecule has 22 heavy (non-hydrogen) atoms. The van der Waals surface area contributed by atoms with Crippen LogP contribution in [-0.4, -0.2) is 28.3 Å². The first-order valence-corrected chi connectivity index (χ1v) is 8.13. The Bertz CT molecular complexity index is 609. The number of anilines is 1. The normalized spacial score (nSPS) is 18.9. The van der Waals surface area contributed by atoms with Crippen LogP contribution in [0, 0.1) is 5.92 Å². The molecule has 1 fully saturated rings. The fourth-order valence-corrected chi connectivity index (χ4v) is 3.28. The largest absolute Gasteiger partial charge is 0.417 e. The summed E-state index contributed by atoms with van der Waals surface area (Å²) >= 11 is 3.93. The molecule has 2 rings (SSSR count). The van der Waals surface area contributed by atoms with Crippen molar-refractivity contribution in [1.82, 2.24) is 4.98 Å². The molecule has 1 unspecified atom stereocenters. The average molecular weight is 397 g/mol. The number of hydrogen-bond donors (Lipinski definition) is 0. The van der Waals surface area contributed by atoms with E-state index in [1.54, 1.807) is 0 Å². The van der Waals surface area contributed by atoms with Gasteiger partial charge in [-0.2, -0.15) is 13.2 Å². The minimum atomic E-state index is -4.52. The quantitative estimate of drug-likeness (QED) is 0.784. The molecule has 120 valence electrons. The van der Waals surface area contributed by atoms with Crippen LogP contribution in [-0.2, 0) is 15.8 Å². The molecule has 1 atom stereocenters. The molecule has 2 heterocycles. The van der Waals surface area contributed by atoms with Gasteiger partial charge in [-0.25, -0.2) is 4.98 Å². The van der Waals surface area contributed by atoms with Crippen LogP contribution in [0.25, 0.3) is 0 Å². The monoisotopic (exact) mass is 396 g/mol. The maximum absolute atomic E-state index is 12.9. The van der Waals surface area contributed by atoms with Crippen LogP contribution in [0.2, 0.25) is 0 Å². The number of carbonyl (C=O) groups excluding carboxylic acids is 2. The van der Waals surface area contributed by atoms with E-state index in [2.05, 4.69) is 20.9 Å². The first kappa shape index (κ1) is 17.3. The Morgan fingerprint density at radius 2 is 2.23 bits per heavy atom. The number of pyridine rings is 1. The van der Waals surface area contributed by atoms with Crippen LogP contribution in [0.1, 0.15) is 18.9 Å². The van der Waals surface area contributed by atoms with Crippen molar-refractivity contribution in [2.75, 3.05) is 17.2 Å². The highest BCUT2D eigenvalue weighted by Gasteiger charge is 2.36. The number of rotatable bonds is 3. The van der Waals surface area contributed by atoms with Crippen molar-refractivity contribution in [1.29, 1.82) is 0 Å². The van der Waals surface area contributed by atoms with E-state index >= 15 is 0 Å². The predicted octanol–water partition coefficient (Wildman–Crippen LogP) is 3.50. The summed E-state index contributed by atoms with van der Waals surface area (Å²) in [6.45, 7) is 1.70. The van der Waals surface area contributed by atoms with Crippen LogP contribution in [0.5, 0.6) is 0 Å². The molecule has 1 saturated heterocycles. The second-order valence-electron chi connectivity index (χ2n) is 4.90. The van der Waals surface area contributed by atoms with Gasteiger partial charge in [0.15, 0.2) is 5.12 Å². The Morgan fingerprint density at radius 3 is 2.82 bits per heavy atom. The van der Waals surface area contributed by atoms with Gasteiger partial charge in [0.1, 0.15) is 5.82 Å². The van der Waals surface area contributed by atoms with Crippen LogP contribution in [0.15, 0.2) is 16.7 Å². The number of aromatic nitrogens is 1. The lowest BCUT2D eigenvalue weighted by molar-refractivity contribution is -0.138. The summed E-state index contributed by atoms with van der Waals surface area (Å²) in [6.07, 6.45) is -3.27. The van der Waals surface area contributed by atoms with Crippen molar-refractivity contribution in [2.45, 2.75) is 19.5 Å². The highest BCUT2D eigenvalue weighted by molar-refractivity contribution is 9.10. The lowest BCUT2D eigenvalue weighted by Crippen LogP contribution is -2.26. The average Bonchev–Trinajstić information content (AvgIpc) is 2.77. The van der Waals surface area contributed by atoms with Crippen LogP contribution in [0.3, 0.4) is 0 Å². The first-order chi connectivity index (χ1) is 10.2. The summed E-state index contributed by atoms with van der Waals surface area (Å²) in [5.41, 5.74) is -0.869. The summed E-state index contributed by atoms with van der Waals surface area (Å²) in [4.78, 5) is 28.1. The molecule has 1 aliphatic rings. The van der Waals surface area contributed by atoms with Crippen LogP contribution in [0.4, 0.5) is 19.0 Å². The Kier molecular flexibility index (Phi) is 5.16. The number of halogens is 4. The van der Waals surface area contributed by atoms with Crippen LogP contribution >= 0.6 is 27.7 Å². The van der Waals surface area contributed by atoms with Crippen molar-refractivity contribution in [3.8, 4) is 0 Å². The van der Waals surface area contributed by atoms with Gasteiger partial charge in [-0.3, -0.25) is 14.5 Å². The van der Waals surface area contributed by atoms with E-state index in [4.69, 9.17) is 0 Å². The standard InChI is InChI=1S/C13H12BrF3N2O2S/c1-7(20)22-6-8-2-12(21)19(5-8)11-3-9(13(15,16)17)10(14)4-18-11/h3-4,8H,2,5-6H2,1H3. The number of nitrogens with zero attached hydrogens (tertiary/aromatic N) is 2. The Morgan fingerprint density at radius 1 is 1.55 bits per heavy atom. The number of carbonyl (C=O) groups is 2. The van der Waals surface area contributed by atoms with Gasteiger partial charge in [0.05, 0.1) is 5.56 Å². The third kappa shape index (κ3) is 4.01. The minimum Gasteiger partial charge on any atom is -0.296 e. The van der Waals surface area contributed by atoms with Gasteiger partial charge in [0.2, 0.25) is 5.91 Å². The topological polar surface area (TPSA) is 50.3 Å². The fourth-order valence-electron chi connectivity index (χ4n) is 2.14. The highest BCUT2D eigenvalue weighted by atomic mass is 79.9. The van der Waals surface area contributed by atoms with Crippen molar-refractivity contribution in [3.63, 3.8) is 0 Å². The third-order valence-corrected chi connectivity index (χ3v) is 4.83. The van der Waals surface area contributed by atoms with Gasteiger partial charge in [0, 0.05) is 36.3 Å². The molecular formula is C13H12BrF3N2O2S. The van der Waals surface area contributed by atoms with Crippen molar-refractivity contribution >= 4 is 44.5 Å². The summed E-state index contributed by atoms with van der Waals surface area (Å²) in [6, 6.07) is 0.864. The van der Waals surface area contributed by atoms with Crippen LogP contribution < -0.4 is 4.90 Å². The van der Waals surface area contributed by atoms with Gasteiger partial charge in [0.25, 0.3) is 0 Å². The number of hydrogen-bond acceptors (Lipinski definition) is 4. The lowest BCUT2D eigenvalue weighted by atomic mass is 10.1. The molecule has 1 aromatic rings. The molecule has 1 amide bonds. The van der Waals surface area contributed by atoms with Gasteiger partial charge in [-0.05, 0) is 27.9 Å². The lowest BCUT2D eigenvalue weighted by Gasteiger charge is -2.18. The molecule has 0 N–H and O–H groups in total. The number of amides is 1. The summed E-state index contributed by atoms with van der Waals surface area (Å²) in [5, 5.41) is -0.0491. The maximum atomic E-state index is 12.9. The molecule has 0 bridgehead atoms. The summed E-state index contributed by atoms with van der Waals surface area (Å²) in [7, 11) is 0. The number of alkyl halides is 3. The van der Waals surface area contributed by atoms with E-state index < -0.39 is 11.7 Å². The minimum absolute atomic E-state index is 0.0177. The molecular weight excluding hydrogens is 385 g/mol. The molecule has 1 aromatic heterocycles. The van der Waals surface area contributed by atoms with Crippen molar-refractivity contribution in [2.24, 2.45) is 5.92 Å². The molecule has 0 aromatic carbocycles. The van der Waals surface area contributed by atoms with E-state index in [9.17, 15) is 22.8 Å². The molecule has 4 nitrogen and oxygen atoms in total. The zero-order valence-corrected chi connectivity index (χ0v) is 13.9. The van der Waals surface area contributed by atoms with Gasteiger partial charge in [-0.15, -0.1) is 0 Å². The Hall–Kier alpha value is -1.09. The number of thioether (sulfide) groups is 1. The third-order valence-electron chi connectivity index (χ3n) is 3.15. The highest BCUT2D eigenvalue weighted by Crippen LogP contribution is 2.37. The van der Waals surface area contributed by atoms with Crippen molar-refractivity contribution in [3.05, 3.63) is 22.3 Å². The van der Waals surface area contributed by atoms with E-state index in [1.165, 1.54) is 11.8 Å². The second-order valence-corrected chi connectivity index (χ2v) is 6.95. The van der Waals surface area contributed by atoms with E-state index in [0.717, 1.165) is 24.0 Å².